The summed E-state index contributed by atoms with van der Waals surface area (Å²) < 4.78 is 5.59. The minimum atomic E-state index is 0.0437. The molecule has 1 aliphatic heterocycles. The van der Waals surface area contributed by atoms with E-state index in [-0.39, 0.29) is 11.7 Å². The van der Waals surface area contributed by atoms with Gasteiger partial charge in [-0.05, 0) is 75.9 Å². The molecule has 0 spiro atoms. The Hall–Kier alpha value is -1.88. The van der Waals surface area contributed by atoms with E-state index >= 15 is 0 Å². The average molecular weight is 332 g/mol. The number of rotatable bonds is 9. The molecule has 0 aliphatic carbocycles. The number of hydrogen-bond acceptors (Lipinski definition) is 4. The number of ether oxygens (including phenoxy) is 1. The van der Waals surface area contributed by atoms with Gasteiger partial charge in [0.15, 0.2) is 5.78 Å². The molecule has 0 aromatic heterocycles. The van der Waals surface area contributed by atoms with E-state index in [0.717, 1.165) is 31.8 Å². The van der Waals surface area contributed by atoms with Gasteiger partial charge in [-0.1, -0.05) is 0 Å². The van der Waals surface area contributed by atoms with E-state index < -0.39 is 0 Å². The molecule has 1 saturated heterocycles. The molecule has 1 aromatic carbocycles. The number of piperidine rings is 1. The van der Waals surface area contributed by atoms with Crippen molar-refractivity contribution in [2.75, 3.05) is 26.2 Å². The minimum Gasteiger partial charge on any atom is -0.494 e. The summed E-state index contributed by atoms with van der Waals surface area (Å²) in [6.45, 7) is 5.00. The van der Waals surface area contributed by atoms with Gasteiger partial charge in [0, 0.05) is 18.5 Å². The molecular formula is C19H28N2O3. The maximum atomic E-state index is 11.8. The molecule has 132 valence electrons. The Balaban J connectivity index is 1.53. The van der Waals surface area contributed by atoms with Crippen molar-refractivity contribution in [3.63, 3.8) is 0 Å². The molecule has 1 fully saturated rings. The van der Waals surface area contributed by atoms with Gasteiger partial charge in [-0.3, -0.25) is 9.59 Å². The van der Waals surface area contributed by atoms with E-state index in [1.54, 1.807) is 31.2 Å². The van der Waals surface area contributed by atoms with Gasteiger partial charge < -0.3 is 15.4 Å². The summed E-state index contributed by atoms with van der Waals surface area (Å²) in [6.07, 6.45) is 4.72. The van der Waals surface area contributed by atoms with Gasteiger partial charge >= 0.3 is 0 Å². The Bertz CT molecular complexity index is 522. The maximum Gasteiger partial charge on any atom is 0.220 e. The lowest BCUT2D eigenvalue weighted by Crippen LogP contribution is -2.33. The summed E-state index contributed by atoms with van der Waals surface area (Å²) in [4.78, 5) is 23.0. The highest BCUT2D eigenvalue weighted by molar-refractivity contribution is 5.94. The molecule has 0 saturated carbocycles. The maximum absolute atomic E-state index is 11.8. The first-order valence-electron chi connectivity index (χ1n) is 8.86. The van der Waals surface area contributed by atoms with Crippen LogP contribution in [0.25, 0.3) is 0 Å². The zero-order chi connectivity index (χ0) is 17.2. The first kappa shape index (κ1) is 18.5. The van der Waals surface area contributed by atoms with Crippen LogP contribution in [-0.2, 0) is 4.79 Å². The minimum absolute atomic E-state index is 0.0437. The van der Waals surface area contributed by atoms with Gasteiger partial charge in [-0.2, -0.15) is 0 Å². The van der Waals surface area contributed by atoms with Crippen LogP contribution in [0.4, 0.5) is 0 Å². The lowest BCUT2D eigenvalue weighted by atomic mass is 9.96. The van der Waals surface area contributed by atoms with E-state index in [1.165, 1.54) is 12.8 Å². The average Bonchev–Trinajstić information content (AvgIpc) is 2.60. The number of carbonyl (C=O) groups is 2. The van der Waals surface area contributed by atoms with Crippen molar-refractivity contribution in [1.29, 1.82) is 0 Å². The topological polar surface area (TPSA) is 67.4 Å². The second-order valence-corrected chi connectivity index (χ2v) is 6.38. The Labute approximate surface area is 144 Å². The number of ketones is 1. The van der Waals surface area contributed by atoms with Gasteiger partial charge in [0.05, 0.1) is 6.61 Å². The van der Waals surface area contributed by atoms with E-state index in [4.69, 9.17) is 4.74 Å². The van der Waals surface area contributed by atoms with Crippen LogP contribution in [0.2, 0.25) is 0 Å². The second-order valence-electron chi connectivity index (χ2n) is 6.38. The number of carbonyl (C=O) groups excluding carboxylic acids is 2. The number of nitrogens with one attached hydrogen (secondary N) is 2. The van der Waals surface area contributed by atoms with Crippen LogP contribution in [0.5, 0.6) is 5.75 Å². The fourth-order valence-electron chi connectivity index (χ4n) is 2.88. The highest BCUT2D eigenvalue weighted by Gasteiger charge is 2.12. The lowest BCUT2D eigenvalue weighted by Gasteiger charge is -2.22. The van der Waals surface area contributed by atoms with E-state index in [2.05, 4.69) is 10.6 Å². The van der Waals surface area contributed by atoms with Gasteiger partial charge in [-0.25, -0.2) is 0 Å². The van der Waals surface area contributed by atoms with Crippen molar-refractivity contribution < 1.29 is 14.3 Å². The summed E-state index contributed by atoms with van der Waals surface area (Å²) in [6, 6.07) is 7.08. The molecule has 2 N–H and O–H groups in total. The highest BCUT2D eigenvalue weighted by atomic mass is 16.5. The molecule has 5 heteroatoms. The quantitative estimate of drug-likeness (QED) is 0.539. The molecule has 1 aromatic rings. The fraction of sp³-hybridized carbons (Fsp3) is 0.579. The van der Waals surface area contributed by atoms with Crippen molar-refractivity contribution in [3.8, 4) is 5.75 Å². The smallest absolute Gasteiger partial charge is 0.220 e. The monoisotopic (exact) mass is 332 g/mol. The molecule has 1 heterocycles. The van der Waals surface area contributed by atoms with E-state index in [1.807, 2.05) is 0 Å². The van der Waals surface area contributed by atoms with Crippen LogP contribution in [0.1, 0.15) is 49.4 Å². The van der Waals surface area contributed by atoms with Gasteiger partial charge in [0.1, 0.15) is 5.75 Å². The molecule has 2 rings (SSSR count). The molecule has 24 heavy (non-hydrogen) atoms. The van der Waals surface area contributed by atoms with Crippen molar-refractivity contribution in [3.05, 3.63) is 29.8 Å². The van der Waals surface area contributed by atoms with Gasteiger partial charge in [0.2, 0.25) is 5.91 Å². The molecule has 5 nitrogen and oxygen atoms in total. The third-order valence-corrected chi connectivity index (χ3v) is 4.35. The van der Waals surface area contributed by atoms with Gasteiger partial charge in [-0.15, -0.1) is 0 Å². The first-order valence-corrected chi connectivity index (χ1v) is 8.86. The number of hydrogen-bond donors (Lipinski definition) is 2. The zero-order valence-corrected chi connectivity index (χ0v) is 14.5. The summed E-state index contributed by atoms with van der Waals surface area (Å²) in [5.41, 5.74) is 0.676. The summed E-state index contributed by atoms with van der Waals surface area (Å²) in [7, 11) is 0. The van der Waals surface area contributed by atoms with E-state index in [0.29, 0.717) is 30.9 Å². The predicted octanol–water partition coefficient (Wildman–Crippen LogP) is 2.55. The van der Waals surface area contributed by atoms with Crippen molar-refractivity contribution >= 4 is 11.7 Å². The lowest BCUT2D eigenvalue weighted by molar-refractivity contribution is -0.121. The third kappa shape index (κ3) is 6.71. The standard InChI is InChI=1S/C19H28N2O3/c1-15(22)17-6-8-18(9-7-17)24-13-3-5-19(23)21-12-10-16-4-2-11-20-14-16/h6-9,16,20H,2-5,10-14H2,1H3,(H,21,23). The molecule has 1 aliphatic rings. The van der Waals surface area contributed by atoms with Crippen LogP contribution in [0, 0.1) is 5.92 Å². The molecule has 1 atom stereocenters. The van der Waals surface area contributed by atoms with Crippen LogP contribution >= 0.6 is 0 Å². The highest BCUT2D eigenvalue weighted by Crippen LogP contribution is 2.14. The Kier molecular flexibility index (Phi) is 7.75. The Morgan fingerprint density at radius 3 is 2.75 bits per heavy atom. The summed E-state index contributed by atoms with van der Waals surface area (Å²) in [5.74, 6) is 1.56. The number of amides is 1. The normalized spacial score (nSPS) is 17.3. The van der Waals surface area contributed by atoms with Crippen LogP contribution < -0.4 is 15.4 Å². The van der Waals surface area contributed by atoms with Gasteiger partial charge in [0.25, 0.3) is 0 Å². The predicted molar refractivity (Wildman–Crippen MR) is 94.4 cm³/mol. The van der Waals surface area contributed by atoms with Crippen LogP contribution in [0.15, 0.2) is 24.3 Å². The molecule has 0 radical (unpaired) electrons. The first-order chi connectivity index (χ1) is 11.6. The zero-order valence-electron chi connectivity index (χ0n) is 14.5. The summed E-state index contributed by atoms with van der Waals surface area (Å²) >= 11 is 0. The second kappa shape index (κ2) is 10.1. The molecular weight excluding hydrogens is 304 g/mol. The Morgan fingerprint density at radius 2 is 2.08 bits per heavy atom. The third-order valence-electron chi connectivity index (χ3n) is 4.35. The van der Waals surface area contributed by atoms with Crippen molar-refractivity contribution in [1.82, 2.24) is 10.6 Å². The SMILES string of the molecule is CC(=O)c1ccc(OCCCC(=O)NCCC2CCCNC2)cc1. The fourth-order valence-corrected chi connectivity index (χ4v) is 2.88. The Morgan fingerprint density at radius 1 is 1.29 bits per heavy atom. The van der Waals surface area contributed by atoms with Crippen molar-refractivity contribution in [2.45, 2.75) is 39.0 Å². The van der Waals surface area contributed by atoms with E-state index in [9.17, 15) is 9.59 Å². The van der Waals surface area contributed by atoms with Crippen molar-refractivity contribution in [2.24, 2.45) is 5.92 Å². The largest absolute Gasteiger partial charge is 0.494 e. The number of benzene rings is 1. The molecule has 1 amide bonds. The van der Waals surface area contributed by atoms with Crippen LogP contribution in [0.3, 0.4) is 0 Å². The number of Topliss-reactive ketones (excluding diaryl/α,β-unsaturated/α-hetero) is 1. The van der Waals surface area contributed by atoms with Crippen LogP contribution in [-0.4, -0.2) is 37.9 Å². The molecule has 0 bridgehead atoms. The summed E-state index contributed by atoms with van der Waals surface area (Å²) in [5, 5.41) is 6.38. The molecule has 1 unspecified atom stereocenters.